The van der Waals surface area contributed by atoms with Crippen molar-refractivity contribution >= 4 is 34.8 Å². The minimum atomic E-state index is 0.133. The predicted octanol–water partition coefficient (Wildman–Crippen LogP) is 5.77. The van der Waals surface area contributed by atoms with Crippen LogP contribution in [0.5, 0.6) is 0 Å². The molecule has 0 bridgehead atoms. The molecule has 4 heteroatoms. The molecular formula is C17H18Cl3N. The molecule has 1 nitrogen and oxygen atoms in total. The van der Waals surface area contributed by atoms with Crippen LogP contribution in [0.4, 0.5) is 0 Å². The topological polar surface area (TPSA) is 12.0 Å². The van der Waals surface area contributed by atoms with E-state index in [4.69, 9.17) is 34.8 Å². The van der Waals surface area contributed by atoms with E-state index in [0.29, 0.717) is 10.0 Å². The Kier molecular flexibility index (Phi) is 5.56. The lowest BCUT2D eigenvalue weighted by molar-refractivity contribution is 0.592. The summed E-state index contributed by atoms with van der Waals surface area (Å²) in [7, 11) is 1.94. The van der Waals surface area contributed by atoms with Gasteiger partial charge >= 0.3 is 0 Å². The molecule has 21 heavy (non-hydrogen) atoms. The fourth-order valence-corrected chi connectivity index (χ4v) is 3.01. The molecule has 0 heterocycles. The van der Waals surface area contributed by atoms with Gasteiger partial charge in [0.05, 0.1) is 10.0 Å². The van der Waals surface area contributed by atoms with E-state index in [0.717, 1.165) is 22.6 Å². The van der Waals surface area contributed by atoms with Gasteiger partial charge in [0.25, 0.3) is 0 Å². The number of aryl methyl sites for hydroxylation is 2. The summed E-state index contributed by atoms with van der Waals surface area (Å²) in [6, 6.07) is 10.0. The van der Waals surface area contributed by atoms with Crippen LogP contribution in [0.25, 0.3) is 0 Å². The quantitative estimate of drug-likeness (QED) is 0.744. The molecule has 0 aliphatic heterocycles. The van der Waals surface area contributed by atoms with Gasteiger partial charge in [-0.1, -0.05) is 46.9 Å². The Morgan fingerprint density at radius 1 is 0.905 bits per heavy atom. The third-order valence-electron chi connectivity index (χ3n) is 3.76. The first-order valence-electron chi connectivity index (χ1n) is 6.80. The first-order chi connectivity index (χ1) is 9.92. The van der Waals surface area contributed by atoms with Gasteiger partial charge in [0.15, 0.2) is 0 Å². The number of hydrogen-bond acceptors (Lipinski definition) is 1. The molecule has 0 aliphatic rings. The number of halogens is 3. The Hall–Kier alpha value is -0.730. The van der Waals surface area contributed by atoms with Crippen molar-refractivity contribution in [2.45, 2.75) is 26.3 Å². The van der Waals surface area contributed by atoms with Crippen LogP contribution in [0, 0.1) is 13.8 Å². The fourth-order valence-electron chi connectivity index (χ4n) is 2.34. The molecule has 1 unspecified atom stereocenters. The highest BCUT2D eigenvalue weighted by atomic mass is 35.5. The molecule has 112 valence electrons. The van der Waals surface area contributed by atoms with Crippen LogP contribution in [0.2, 0.25) is 15.1 Å². The van der Waals surface area contributed by atoms with Crippen molar-refractivity contribution in [2.75, 3.05) is 7.05 Å². The molecule has 0 saturated carbocycles. The first kappa shape index (κ1) is 16.6. The minimum Gasteiger partial charge on any atom is -0.313 e. The van der Waals surface area contributed by atoms with Crippen LogP contribution in [-0.4, -0.2) is 7.05 Å². The van der Waals surface area contributed by atoms with Crippen molar-refractivity contribution in [3.05, 3.63) is 67.7 Å². The zero-order valence-electron chi connectivity index (χ0n) is 12.3. The molecule has 0 aliphatic carbocycles. The number of likely N-dealkylation sites (N-methyl/N-ethyl adjacent to an activating group) is 1. The van der Waals surface area contributed by atoms with Crippen molar-refractivity contribution in [2.24, 2.45) is 0 Å². The van der Waals surface area contributed by atoms with Gasteiger partial charge in [-0.05, 0) is 67.8 Å². The summed E-state index contributed by atoms with van der Waals surface area (Å²) in [6.45, 7) is 4.17. The molecule has 1 N–H and O–H groups in total. The van der Waals surface area contributed by atoms with Crippen LogP contribution in [-0.2, 0) is 6.42 Å². The Bertz CT molecular complexity index is 653. The summed E-state index contributed by atoms with van der Waals surface area (Å²) in [4.78, 5) is 0. The largest absolute Gasteiger partial charge is 0.313 e. The second kappa shape index (κ2) is 7.02. The Morgan fingerprint density at radius 3 is 2.19 bits per heavy atom. The fraction of sp³-hybridized carbons (Fsp3) is 0.294. The first-order valence-corrected chi connectivity index (χ1v) is 7.93. The molecule has 2 aromatic carbocycles. The molecule has 1 atom stereocenters. The lowest BCUT2D eigenvalue weighted by Gasteiger charge is -2.20. The van der Waals surface area contributed by atoms with Crippen LogP contribution >= 0.6 is 34.8 Å². The summed E-state index contributed by atoms with van der Waals surface area (Å²) in [5, 5.41) is 5.27. The van der Waals surface area contributed by atoms with Crippen LogP contribution < -0.4 is 5.32 Å². The summed E-state index contributed by atoms with van der Waals surface area (Å²) < 4.78 is 0. The summed E-state index contributed by atoms with van der Waals surface area (Å²) >= 11 is 18.5. The average Bonchev–Trinajstić information content (AvgIpc) is 2.44. The molecule has 0 saturated heterocycles. The lowest BCUT2D eigenvalue weighted by atomic mass is 9.96. The lowest BCUT2D eigenvalue weighted by Crippen LogP contribution is -2.19. The number of nitrogens with one attached hydrogen (secondary N) is 1. The van der Waals surface area contributed by atoms with Gasteiger partial charge in [-0.3, -0.25) is 0 Å². The SMILES string of the molecule is CNC(Cc1ccc(Cl)c(Cl)c1)c1cc(C)c(C)cc1Cl. The maximum Gasteiger partial charge on any atom is 0.0595 e. The van der Waals surface area contributed by atoms with Gasteiger partial charge in [-0.15, -0.1) is 0 Å². The number of hydrogen-bond donors (Lipinski definition) is 1. The predicted molar refractivity (Wildman–Crippen MR) is 92.9 cm³/mol. The Labute approximate surface area is 141 Å². The van der Waals surface area contributed by atoms with E-state index in [2.05, 4.69) is 25.2 Å². The highest BCUT2D eigenvalue weighted by molar-refractivity contribution is 6.42. The van der Waals surface area contributed by atoms with Crippen molar-refractivity contribution in [3.8, 4) is 0 Å². The Balaban J connectivity index is 2.31. The molecule has 0 amide bonds. The van der Waals surface area contributed by atoms with E-state index in [1.807, 2.05) is 31.3 Å². The molecular weight excluding hydrogens is 325 g/mol. The standard InChI is InChI=1S/C17H18Cl3N/c1-10-6-13(15(19)7-11(10)2)17(21-3)9-12-4-5-14(18)16(20)8-12/h4-8,17,21H,9H2,1-3H3. The minimum absolute atomic E-state index is 0.133. The average molecular weight is 343 g/mol. The zero-order valence-corrected chi connectivity index (χ0v) is 14.6. The van der Waals surface area contributed by atoms with Crippen LogP contribution in [0.3, 0.4) is 0 Å². The van der Waals surface area contributed by atoms with Gasteiger partial charge in [0.1, 0.15) is 0 Å². The number of rotatable bonds is 4. The van der Waals surface area contributed by atoms with E-state index >= 15 is 0 Å². The summed E-state index contributed by atoms with van der Waals surface area (Å²) in [6.07, 6.45) is 0.801. The van der Waals surface area contributed by atoms with Crippen molar-refractivity contribution in [3.63, 3.8) is 0 Å². The maximum atomic E-state index is 6.41. The van der Waals surface area contributed by atoms with E-state index in [9.17, 15) is 0 Å². The number of benzene rings is 2. The molecule has 0 fully saturated rings. The smallest absolute Gasteiger partial charge is 0.0595 e. The van der Waals surface area contributed by atoms with Gasteiger partial charge < -0.3 is 5.32 Å². The normalized spacial score (nSPS) is 12.5. The van der Waals surface area contributed by atoms with Gasteiger partial charge in [0, 0.05) is 11.1 Å². The highest BCUT2D eigenvalue weighted by Crippen LogP contribution is 2.30. The summed E-state index contributed by atoms with van der Waals surface area (Å²) in [5.41, 5.74) is 4.67. The molecule has 2 aromatic rings. The second-order valence-electron chi connectivity index (χ2n) is 5.25. The van der Waals surface area contributed by atoms with Crippen molar-refractivity contribution < 1.29 is 0 Å². The second-order valence-corrected chi connectivity index (χ2v) is 6.47. The molecule has 0 spiro atoms. The van der Waals surface area contributed by atoms with Gasteiger partial charge in [-0.25, -0.2) is 0 Å². The Morgan fingerprint density at radius 2 is 1.57 bits per heavy atom. The van der Waals surface area contributed by atoms with Crippen LogP contribution in [0.15, 0.2) is 30.3 Å². The van der Waals surface area contributed by atoms with E-state index in [-0.39, 0.29) is 6.04 Å². The molecule has 0 aromatic heterocycles. The van der Waals surface area contributed by atoms with Gasteiger partial charge in [0.2, 0.25) is 0 Å². The van der Waals surface area contributed by atoms with Gasteiger partial charge in [-0.2, -0.15) is 0 Å². The molecule has 0 radical (unpaired) electrons. The monoisotopic (exact) mass is 341 g/mol. The highest BCUT2D eigenvalue weighted by Gasteiger charge is 2.15. The van der Waals surface area contributed by atoms with E-state index < -0.39 is 0 Å². The third-order valence-corrected chi connectivity index (χ3v) is 4.83. The van der Waals surface area contributed by atoms with Crippen molar-refractivity contribution in [1.29, 1.82) is 0 Å². The van der Waals surface area contributed by atoms with Crippen molar-refractivity contribution in [1.82, 2.24) is 5.32 Å². The molecule has 2 rings (SSSR count). The van der Waals surface area contributed by atoms with Crippen LogP contribution in [0.1, 0.15) is 28.3 Å². The summed E-state index contributed by atoms with van der Waals surface area (Å²) in [5.74, 6) is 0. The zero-order chi connectivity index (χ0) is 15.6. The van der Waals surface area contributed by atoms with E-state index in [1.165, 1.54) is 11.1 Å². The third kappa shape index (κ3) is 3.92. The van der Waals surface area contributed by atoms with E-state index in [1.54, 1.807) is 0 Å². The maximum absolute atomic E-state index is 6.41.